The van der Waals surface area contributed by atoms with Crippen LogP contribution in [0.3, 0.4) is 0 Å². The summed E-state index contributed by atoms with van der Waals surface area (Å²) < 4.78 is 29.9. The van der Waals surface area contributed by atoms with Crippen molar-refractivity contribution in [1.82, 2.24) is 25.1 Å². The van der Waals surface area contributed by atoms with Crippen LogP contribution in [0.4, 0.5) is 0 Å². The number of aliphatic hydroxyl groups excluding tert-OH is 1. The first-order valence-corrected chi connectivity index (χ1v) is 25.0. The lowest BCUT2D eigenvalue weighted by molar-refractivity contribution is -0.265. The molecule has 4 aliphatic rings. The van der Waals surface area contributed by atoms with Crippen molar-refractivity contribution in [3.8, 4) is 0 Å². The zero-order valence-corrected chi connectivity index (χ0v) is 42.5. The highest BCUT2D eigenvalue weighted by molar-refractivity contribution is 6.39. The van der Waals surface area contributed by atoms with E-state index in [9.17, 15) is 34.2 Å². The van der Waals surface area contributed by atoms with Gasteiger partial charge in [-0.1, -0.05) is 71.1 Å². The first-order chi connectivity index (χ1) is 32.8. The molecular formula is C52H79N5O12. The van der Waals surface area contributed by atoms with E-state index >= 15 is 0 Å². The number of Topliss-reactive ketones (excluding diaryl/α,β-unsaturated/α-hetero) is 3. The Balaban J connectivity index is 1.46. The molecule has 1 amide bonds. The molecule has 384 valence electrons. The minimum absolute atomic E-state index is 0.0168. The lowest BCUT2D eigenvalue weighted by atomic mass is 9.77. The molecule has 0 aromatic carbocycles. The number of hydrogen-bond acceptors (Lipinski definition) is 15. The molecule has 69 heavy (non-hydrogen) atoms. The number of amides is 1. The van der Waals surface area contributed by atoms with E-state index < -0.39 is 77.8 Å². The number of ketones is 3. The Morgan fingerprint density at radius 1 is 0.884 bits per heavy atom. The van der Waals surface area contributed by atoms with Crippen molar-refractivity contribution < 1.29 is 57.9 Å². The van der Waals surface area contributed by atoms with Gasteiger partial charge < -0.3 is 38.8 Å². The number of nitrogens with zero attached hydrogens (tertiary/aromatic N) is 5. The Morgan fingerprint density at radius 3 is 2.32 bits per heavy atom. The van der Waals surface area contributed by atoms with Gasteiger partial charge in [-0.05, 0) is 112 Å². The normalized spacial score (nSPS) is 36.3. The van der Waals surface area contributed by atoms with E-state index in [0.717, 1.165) is 18.4 Å². The average molecular weight is 966 g/mol. The maximum atomic E-state index is 14.5. The van der Waals surface area contributed by atoms with Gasteiger partial charge in [0.15, 0.2) is 12.1 Å². The molecule has 1 unspecified atom stereocenters. The number of piperidine rings is 1. The van der Waals surface area contributed by atoms with Gasteiger partial charge in [0.05, 0.1) is 24.4 Å². The van der Waals surface area contributed by atoms with Crippen LogP contribution in [0.1, 0.15) is 132 Å². The highest BCUT2D eigenvalue weighted by Gasteiger charge is 2.53. The second-order valence-electron chi connectivity index (χ2n) is 20.3. The molecule has 2 N–H and O–H groups in total. The molecule has 3 fully saturated rings. The molecule has 0 spiro atoms. The molecule has 15 atom stereocenters. The van der Waals surface area contributed by atoms with Crippen LogP contribution in [0.25, 0.3) is 0 Å². The van der Waals surface area contributed by atoms with Gasteiger partial charge >= 0.3 is 5.97 Å². The molecule has 1 saturated carbocycles. The van der Waals surface area contributed by atoms with E-state index in [2.05, 4.69) is 15.4 Å². The van der Waals surface area contributed by atoms with E-state index in [4.69, 9.17) is 23.7 Å². The number of rotatable bonds is 7. The van der Waals surface area contributed by atoms with E-state index in [1.807, 2.05) is 58.1 Å². The molecule has 2 bridgehead atoms. The van der Waals surface area contributed by atoms with Gasteiger partial charge in [0.25, 0.3) is 11.7 Å². The van der Waals surface area contributed by atoms with Gasteiger partial charge in [0.2, 0.25) is 5.79 Å². The van der Waals surface area contributed by atoms with Gasteiger partial charge in [-0.2, -0.15) is 4.80 Å². The summed E-state index contributed by atoms with van der Waals surface area (Å²) in [7, 11) is 4.61. The number of esters is 1. The number of aliphatic hydroxyl groups is 2. The van der Waals surface area contributed by atoms with Gasteiger partial charge in [-0.25, -0.2) is 4.79 Å². The molecule has 4 heterocycles. The fourth-order valence-corrected chi connectivity index (χ4v) is 10.7. The third-order valence-electron chi connectivity index (χ3n) is 15.1. The summed E-state index contributed by atoms with van der Waals surface area (Å²) in [4.78, 5) is 73.9. The maximum Gasteiger partial charge on any atom is 0.329 e. The van der Waals surface area contributed by atoms with E-state index in [-0.39, 0.29) is 60.9 Å². The van der Waals surface area contributed by atoms with Crippen molar-refractivity contribution in [1.29, 1.82) is 0 Å². The SMILES string of the molecule is COC1C(=O)[C@H](C)C[C@H](C)C=CC=CC=C(C)[C@@H](OC)C[C@@H]2CC[C@@H](C)[C@@](O)(O2)C(=O)C(=O)N2CCCC[C@H]2C(=O)O[C@H]([C@H](C)C[C@@H]2CC[C@H](n3ncnn3)[C@H](OC)C2)CC(=O)[C@H](C)C=C(C)[C@H]1O. The summed E-state index contributed by atoms with van der Waals surface area (Å²) in [5.41, 5.74) is 1.27. The second-order valence-corrected chi connectivity index (χ2v) is 20.3. The molecule has 1 aromatic rings. The minimum atomic E-state index is -2.43. The van der Waals surface area contributed by atoms with E-state index in [0.29, 0.717) is 56.9 Å². The first-order valence-electron chi connectivity index (χ1n) is 25.0. The summed E-state index contributed by atoms with van der Waals surface area (Å²) in [5.74, 6) is -7.94. The smallest absolute Gasteiger partial charge is 0.329 e. The van der Waals surface area contributed by atoms with Crippen molar-refractivity contribution in [2.75, 3.05) is 27.9 Å². The Bertz CT molecular complexity index is 2020. The van der Waals surface area contributed by atoms with Crippen LogP contribution in [0.15, 0.2) is 53.9 Å². The number of cyclic esters (lactones) is 1. The summed E-state index contributed by atoms with van der Waals surface area (Å²) >= 11 is 0. The Labute approximate surface area is 408 Å². The highest BCUT2D eigenvalue weighted by Crippen LogP contribution is 2.39. The number of fused-ring (bicyclic) bond motifs is 3. The van der Waals surface area contributed by atoms with Gasteiger partial charge in [0, 0.05) is 58.5 Å². The van der Waals surface area contributed by atoms with Gasteiger partial charge in [-0.15, -0.1) is 10.2 Å². The standard InChI is InChI=1S/C52H79N5O12/c1-31-16-12-11-13-17-32(2)43(65-8)28-39-21-19-37(7)52(64,69-39)49(61)50(62)56-23-15-14-18-41(56)51(63)68-44(34(4)26-38-20-22-40(45(27-38)66-9)57-54-30-53-55-57)29-42(58)33(3)25-36(6)47(60)48(67-10)46(59)35(5)24-31/h11-13,16-17,25,30-31,33-35,37-41,43-45,47-48,60,64H,14-15,18-24,26-29H2,1-10H3/t31-,33-,34-,35-,37-,38+,39+,40+,41+,43+,44+,45-,47-,48?,52-/m1/s1. The molecule has 2 saturated heterocycles. The first kappa shape index (κ1) is 55.7. The predicted molar refractivity (Wildman–Crippen MR) is 256 cm³/mol. The summed E-state index contributed by atoms with van der Waals surface area (Å²) in [6.07, 6.45) is 13.7. The number of carbonyl (C=O) groups is 5. The molecule has 17 nitrogen and oxygen atoms in total. The van der Waals surface area contributed by atoms with Gasteiger partial charge in [-0.3, -0.25) is 19.2 Å². The maximum absolute atomic E-state index is 14.5. The zero-order chi connectivity index (χ0) is 50.6. The number of ether oxygens (including phenoxy) is 5. The fraction of sp³-hybridized carbons (Fsp3) is 0.731. The third-order valence-corrected chi connectivity index (χ3v) is 15.1. The van der Waals surface area contributed by atoms with Crippen LogP contribution in [0, 0.1) is 35.5 Å². The second kappa shape index (κ2) is 25.7. The molecule has 1 aromatic heterocycles. The van der Waals surface area contributed by atoms with Crippen molar-refractivity contribution >= 4 is 29.2 Å². The van der Waals surface area contributed by atoms with Crippen molar-refractivity contribution in [2.24, 2.45) is 35.5 Å². The molecule has 3 aliphatic heterocycles. The average Bonchev–Trinajstić information content (AvgIpc) is 3.88. The number of aromatic nitrogens is 4. The fourth-order valence-electron chi connectivity index (χ4n) is 10.7. The number of methoxy groups -OCH3 is 3. The number of allylic oxidation sites excluding steroid dienone is 6. The lowest BCUT2D eigenvalue weighted by Gasteiger charge is -2.42. The topological polar surface area (TPSA) is 219 Å². The van der Waals surface area contributed by atoms with Gasteiger partial charge in [0.1, 0.15) is 30.1 Å². The predicted octanol–water partition coefficient (Wildman–Crippen LogP) is 6.05. The molecule has 17 heteroatoms. The number of carbonyl (C=O) groups excluding carboxylic acids is 5. The van der Waals surface area contributed by atoms with Crippen molar-refractivity contribution in [2.45, 2.75) is 180 Å². The molecule has 5 rings (SSSR count). The number of tetrazole rings is 1. The Kier molecular flexibility index (Phi) is 20.8. The summed E-state index contributed by atoms with van der Waals surface area (Å²) in [5, 5.41) is 35.7. The highest BCUT2D eigenvalue weighted by atomic mass is 16.6. The molecule has 0 radical (unpaired) electrons. The number of hydrogen-bond donors (Lipinski definition) is 2. The Hall–Kier alpha value is -4.26. The van der Waals surface area contributed by atoms with Crippen molar-refractivity contribution in [3.05, 3.63) is 53.9 Å². The Morgan fingerprint density at radius 2 is 1.64 bits per heavy atom. The van der Waals surface area contributed by atoms with Crippen LogP contribution in [0.2, 0.25) is 0 Å². The summed E-state index contributed by atoms with van der Waals surface area (Å²) in [6, 6.07) is -1.24. The van der Waals surface area contributed by atoms with Crippen LogP contribution < -0.4 is 0 Å². The minimum Gasteiger partial charge on any atom is -0.460 e. The van der Waals surface area contributed by atoms with E-state index in [1.165, 1.54) is 18.3 Å². The zero-order valence-electron chi connectivity index (χ0n) is 42.5. The van der Waals surface area contributed by atoms with E-state index in [1.54, 1.807) is 45.9 Å². The lowest BCUT2D eigenvalue weighted by Crippen LogP contribution is -2.61. The van der Waals surface area contributed by atoms with Crippen LogP contribution in [-0.4, -0.2) is 141 Å². The molecular weight excluding hydrogens is 887 g/mol. The van der Waals surface area contributed by atoms with Crippen LogP contribution >= 0.6 is 0 Å². The monoisotopic (exact) mass is 966 g/mol. The van der Waals surface area contributed by atoms with Crippen molar-refractivity contribution in [3.63, 3.8) is 0 Å². The van der Waals surface area contributed by atoms with Crippen LogP contribution in [-0.2, 0) is 47.7 Å². The quantitative estimate of drug-likeness (QED) is 0.181. The largest absolute Gasteiger partial charge is 0.460 e. The summed E-state index contributed by atoms with van der Waals surface area (Å²) in [6.45, 7) is 12.8. The third kappa shape index (κ3) is 14.2. The molecule has 1 aliphatic carbocycles. The van der Waals surface area contributed by atoms with Crippen LogP contribution in [0.5, 0.6) is 0 Å².